The second-order valence-corrected chi connectivity index (χ2v) is 5.94. The second kappa shape index (κ2) is 5.93. The van der Waals surface area contributed by atoms with Crippen LogP contribution < -0.4 is 0 Å². The smallest absolute Gasteiger partial charge is 0.318 e. The van der Waals surface area contributed by atoms with Gasteiger partial charge in [0.1, 0.15) is 6.33 Å². The third-order valence-corrected chi connectivity index (χ3v) is 4.50. The van der Waals surface area contributed by atoms with E-state index in [1.165, 1.54) is 0 Å². The summed E-state index contributed by atoms with van der Waals surface area (Å²) in [5.74, 6) is 0. The summed E-state index contributed by atoms with van der Waals surface area (Å²) in [6.45, 7) is 7.46. The fourth-order valence-corrected chi connectivity index (χ4v) is 3.36. The first-order valence-corrected chi connectivity index (χ1v) is 7.65. The zero-order valence-corrected chi connectivity index (χ0v) is 13.1. The van der Waals surface area contributed by atoms with Crippen LogP contribution >= 0.6 is 0 Å². The van der Waals surface area contributed by atoms with Gasteiger partial charge in [0, 0.05) is 36.9 Å². The number of hydrogen-bond donors (Lipinski definition) is 0. The van der Waals surface area contributed by atoms with Crippen molar-refractivity contribution in [2.75, 3.05) is 20.1 Å². The van der Waals surface area contributed by atoms with Crippen molar-refractivity contribution in [3.05, 3.63) is 49.1 Å². The number of piperazine rings is 1. The fraction of sp³-hybridized carbons (Fsp3) is 0.412. The Morgan fingerprint density at radius 1 is 1.41 bits per heavy atom. The highest BCUT2D eigenvalue weighted by Crippen LogP contribution is 2.29. The van der Waals surface area contributed by atoms with Gasteiger partial charge in [-0.1, -0.05) is 30.9 Å². The zero-order valence-electron chi connectivity index (χ0n) is 13.1. The molecule has 2 saturated heterocycles. The van der Waals surface area contributed by atoms with E-state index in [2.05, 4.69) is 23.5 Å². The fourth-order valence-electron chi connectivity index (χ4n) is 3.36. The summed E-state index contributed by atoms with van der Waals surface area (Å²) in [7, 11) is 2.13. The quantitative estimate of drug-likeness (QED) is 0.805. The Bertz CT molecular complexity index is 641. The molecule has 0 saturated carbocycles. The van der Waals surface area contributed by atoms with E-state index in [9.17, 15) is 4.79 Å². The molecule has 1 aromatic rings. The van der Waals surface area contributed by atoms with E-state index in [0.29, 0.717) is 12.1 Å². The molecule has 2 fully saturated rings. The molecule has 0 aliphatic carbocycles. The number of hydrogen-bond acceptors (Lipinski definition) is 3. The molecule has 0 spiro atoms. The zero-order chi connectivity index (χ0) is 15.7. The maximum absolute atomic E-state index is 12.7. The van der Waals surface area contributed by atoms with Gasteiger partial charge < -0.3 is 4.90 Å². The third kappa shape index (κ3) is 2.52. The van der Waals surface area contributed by atoms with Gasteiger partial charge in [-0.2, -0.15) is 0 Å². The average Bonchev–Trinajstić information content (AvgIpc) is 3.21. The molecule has 2 unspecified atom stereocenters. The molecule has 1 aromatic heterocycles. The highest BCUT2D eigenvalue weighted by Gasteiger charge is 2.43. The monoisotopic (exact) mass is 298 g/mol. The van der Waals surface area contributed by atoms with E-state index in [4.69, 9.17) is 0 Å². The van der Waals surface area contributed by atoms with Crippen LogP contribution in [0.4, 0.5) is 4.79 Å². The molecule has 3 rings (SSSR count). The third-order valence-electron chi connectivity index (χ3n) is 4.50. The van der Waals surface area contributed by atoms with Crippen molar-refractivity contribution in [3.63, 3.8) is 0 Å². The van der Waals surface area contributed by atoms with Crippen LogP contribution in [-0.4, -0.2) is 57.6 Å². The summed E-state index contributed by atoms with van der Waals surface area (Å²) in [5, 5.41) is 0. The summed E-state index contributed by atoms with van der Waals surface area (Å²) >= 11 is 0. The number of allylic oxidation sites excluding steroid dienone is 5. The van der Waals surface area contributed by atoms with E-state index in [-0.39, 0.29) is 6.03 Å². The first-order valence-electron chi connectivity index (χ1n) is 7.65. The predicted octanol–water partition coefficient (Wildman–Crippen LogP) is 2.39. The topological polar surface area (TPSA) is 41.4 Å². The van der Waals surface area contributed by atoms with Gasteiger partial charge in [0.2, 0.25) is 0 Å². The molecule has 5 heteroatoms. The number of carbonyl (C=O) groups is 1. The van der Waals surface area contributed by atoms with Gasteiger partial charge in [0.25, 0.3) is 0 Å². The SMILES string of the molecule is C=C/C=C(\C=C/C)c1cn(C(=O)N2CC3CC2CN3C)cn1. The van der Waals surface area contributed by atoms with E-state index < -0.39 is 0 Å². The number of carbonyl (C=O) groups excluding carboxylic acids is 1. The molecule has 2 bridgehead atoms. The van der Waals surface area contributed by atoms with Crippen molar-refractivity contribution in [1.29, 1.82) is 0 Å². The first kappa shape index (κ1) is 14.8. The Morgan fingerprint density at radius 3 is 2.82 bits per heavy atom. The van der Waals surface area contributed by atoms with Crippen LogP contribution in [0.1, 0.15) is 19.0 Å². The Balaban J connectivity index is 1.78. The Kier molecular flexibility index (Phi) is 3.98. The lowest BCUT2D eigenvalue weighted by molar-refractivity contribution is 0.152. The highest BCUT2D eigenvalue weighted by atomic mass is 16.2. The minimum Gasteiger partial charge on any atom is -0.318 e. The number of rotatable bonds is 3. The predicted molar refractivity (Wildman–Crippen MR) is 87.5 cm³/mol. The van der Waals surface area contributed by atoms with Crippen molar-refractivity contribution in [3.8, 4) is 0 Å². The van der Waals surface area contributed by atoms with E-state index in [1.807, 2.05) is 30.1 Å². The van der Waals surface area contributed by atoms with E-state index in [1.54, 1.807) is 23.2 Å². The van der Waals surface area contributed by atoms with Crippen LogP contribution in [0.3, 0.4) is 0 Å². The van der Waals surface area contributed by atoms with Crippen LogP contribution in [0.5, 0.6) is 0 Å². The molecule has 22 heavy (non-hydrogen) atoms. The molecule has 2 aliphatic rings. The van der Waals surface area contributed by atoms with Crippen molar-refractivity contribution >= 4 is 11.6 Å². The van der Waals surface area contributed by atoms with Gasteiger partial charge >= 0.3 is 6.03 Å². The normalized spacial score (nSPS) is 25.4. The summed E-state index contributed by atoms with van der Waals surface area (Å²) in [6, 6.07) is 0.876. The van der Waals surface area contributed by atoms with Crippen LogP contribution in [0.2, 0.25) is 0 Å². The van der Waals surface area contributed by atoms with Gasteiger partial charge in [-0.3, -0.25) is 9.47 Å². The van der Waals surface area contributed by atoms with Crippen molar-refractivity contribution in [2.45, 2.75) is 25.4 Å². The number of nitrogens with zero attached hydrogens (tertiary/aromatic N) is 4. The van der Waals surface area contributed by atoms with Crippen molar-refractivity contribution < 1.29 is 4.79 Å². The molecule has 1 amide bonds. The molecule has 3 heterocycles. The lowest BCUT2D eigenvalue weighted by Gasteiger charge is -2.31. The van der Waals surface area contributed by atoms with Crippen LogP contribution in [0.25, 0.3) is 5.57 Å². The molecule has 0 N–H and O–H groups in total. The molecule has 0 radical (unpaired) electrons. The molecule has 116 valence electrons. The summed E-state index contributed by atoms with van der Waals surface area (Å²) in [5.41, 5.74) is 1.74. The Morgan fingerprint density at radius 2 is 2.23 bits per heavy atom. The lowest BCUT2D eigenvalue weighted by atomic mass is 10.2. The number of likely N-dealkylation sites (N-methyl/N-ethyl adjacent to an activating group) is 1. The number of aromatic nitrogens is 2. The Labute approximate surface area is 131 Å². The molecule has 2 atom stereocenters. The average molecular weight is 298 g/mol. The van der Waals surface area contributed by atoms with E-state index in [0.717, 1.165) is 30.8 Å². The molecular formula is C17H22N4O. The maximum Gasteiger partial charge on any atom is 0.329 e. The number of imidazole rings is 1. The molecule has 5 nitrogen and oxygen atoms in total. The number of fused-ring (bicyclic) bond motifs is 2. The Hall–Kier alpha value is -2.14. The molecule has 0 aromatic carbocycles. The number of likely N-dealkylation sites (tertiary alicyclic amines) is 2. The van der Waals surface area contributed by atoms with Crippen LogP contribution in [-0.2, 0) is 0 Å². The van der Waals surface area contributed by atoms with E-state index >= 15 is 0 Å². The minimum absolute atomic E-state index is 0.0257. The van der Waals surface area contributed by atoms with Crippen LogP contribution in [0.15, 0.2) is 43.4 Å². The van der Waals surface area contributed by atoms with Gasteiger partial charge in [-0.25, -0.2) is 9.78 Å². The van der Waals surface area contributed by atoms with Crippen molar-refractivity contribution in [2.24, 2.45) is 0 Å². The van der Waals surface area contributed by atoms with Crippen molar-refractivity contribution in [1.82, 2.24) is 19.4 Å². The summed E-state index contributed by atoms with van der Waals surface area (Å²) in [6.07, 6.45) is 12.0. The largest absolute Gasteiger partial charge is 0.329 e. The second-order valence-electron chi connectivity index (χ2n) is 5.94. The van der Waals surface area contributed by atoms with Crippen LogP contribution in [0, 0.1) is 0 Å². The summed E-state index contributed by atoms with van der Waals surface area (Å²) < 4.78 is 1.59. The first-order chi connectivity index (χ1) is 10.6. The maximum atomic E-state index is 12.7. The highest BCUT2D eigenvalue weighted by molar-refractivity contribution is 5.80. The summed E-state index contributed by atoms with van der Waals surface area (Å²) in [4.78, 5) is 21.3. The number of amides is 1. The van der Waals surface area contributed by atoms with Gasteiger partial charge in [0.15, 0.2) is 0 Å². The van der Waals surface area contributed by atoms with Gasteiger partial charge in [-0.05, 0) is 20.4 Å². The lowest BCUT2D eigenvalue weighted by Crippen LogP contribution is -2.48. The van der Waals surface area contributed by atoms with Gasteiger partial charge in [-0.15, -0.1) is 0 Å². The van der Waals surface area contributed by atoms with Gasteiger partial charge in [0.05, 0.1) is 5.69 Å². The molecule has 2 aliphatic heterocycles. The standard InChI is InChI=1S/C17H22N4O/c1-4-6-13(7-5-2)16-11-20(12-18-16)17(22)21-10-14-8-15(21)9-19(14)3/h4-7,11-12,14-15H,1,8-10H2,2-3H3/b7-5-,13-6+. The molecular weight excluding hydrogens is 276 g/mol. The minimum atomic E-state index is 0.0257.